The first-order chi connectivity index (χ1) is 10.3. The van der Waals surface area contributed by atoms with Gasteiger partial charge in [0, 0.05) is 12.2 Å². The Labute approximate surface area is 128 Å². The second-order valence-corrected chi connectivity index (χ2v) is 5.81. The van der Waals surface area contributed by atoms with Gasteiger partial charge in [-0.15, -0.1) is 0 Å². The summed E-state index contributed by atoms with van der Waals surface area (Å²) < 4.78 is 1.99. The number of nitrogens with zero attached hydrogens (tertiary/aromatic N) is 2. The van der Waals surface area contributed by atoms with Gasteiger partial charge in [-0.3, -0.25) is 4.68 Å². The lowest BCUT2D eigenvalue weighted by Gasteiger charge is -2.13. The number of hydrogen-bond donors (Lipinski definition) is 1. The lowest BCUT2D eigenvalue weighted by atomic mass is 10.1. The minimum absolute atomic E-state index is 0.510. The van der Waals surface area contributed by atoms with Crippen LogP contribution < -0.4 is 5.32 Å². The quantitative estimate of drug-likeness (QED) is 0.677. The van der Waals surface area contributed by atoms with Crippen LogP contribution in [-0.4, -0.2) is 15.8 Å². The molecule has 1 aromatic heterocycles. The SMILES string of the molecule is CCCCCCC(C)Nc1cnn(Cc2ccccc2)c1. The molecule has 0 radical (unpaired) electrons. The van der Waals surface area contributed by atoms with Crippen molar-refractivity contribution in [3.05, 3.63) is 48.3 Å². The largest absolute Gasteiger partial charge is 0.380 e. The lowest BCUT2D eigenvalue weighted by molar-refractivity contribution is 0.594. The second kappa shape index (κ2) is 8.50. The van der Waals surface area contributed by atoms with Crippen LogP contribution in [0.1, 0.15) is 51.5 Å². The van der Waals surface area contributed by atoms with E-state index in [4.69, 9.17) is 0 Å². The topological polar surface area (TPSA) is 29.9 Å². The number of aromatic nitrogens is 2. The average molecular weight is 285 g/mol. The molecule has 3 heteroatoms. The smallest absolute Gasteiger partial charge is 0.0728 e. The molecule has 1 aromatic carbocycles. The molecule has 114 valence electrons. The second-order valence-electron chi connectivity index (χ2n) is 5.81. The van der Waals surface area contributed by atoms with Crippen molar-refractivity contribution in [1.29, 1.82) is 0 Å². The van der Waals surface area contributed by atoms with Gasteiger partial charge in [-0.2, -0.15) is 5.10 Å². The molecule has 1 atom stereocenters. The zero-order chi connectivity index (χ0) is 14.9. The zero-order valence-corrected chi connectivity index (χ0v) is 13.3. The molecule has 1 unspecified atom stereocenters. The Hall–Kier alpha value is -1.77. The summed E-state index contributed by atoms with van der Waals surface area (Å²) >= 11 is 0. The first kappa shape index (κ1) is 15.6. The van der Waals surface area contributed by atoms with Crippen molar-refractivity contribution in [2.75, 3.05) is 5.32 Å². The van der Waals surface area contributed by atoms with E-state index in [1.807, 2.05) is 16.9 Å². The number of hydrogen-bond acceptors (Lipinski definition) is 2. The molecule has 21 heavy (non-hydrogen) atoms. The number of anilines is 1. The summed E-state index contributed by atoms with van der Waals surface area (Å²) in [5.41, 5.74) is 2.40. The van der Waals surface area contributed by atoms with Gasteiger partial charge in [-0.25, -0.2) is 0 Å². The van der Waals surface area contributed by atoms with Gasteiger partial charge in [0.15, 0.2) is 0 Å². The van der Waals surface area contributed by atoms with E-state index in [2.05, 4.69) is 54.7 Å². The summed E-state index contributed by atoms with van der Waals surface area (Å²) in [7, 11) is 0. The van der Waals surface area contributed by atoms with Crippen LogP contribution in [0.3, 0.4) is 0 Å². The molecule has 0 fully saturated rings. The van der Waals surface area contributed by atoms with Crippen LogP contribution in [-0.2, 0) is 6.54 Å². The first-order valence-electron chi connectivity index (χ1n) is 8.11. The Balaban J connectivity index is 1.77. The Morgan fingerprint density at radius 3 is 2.71 bits per heavy atom. The Bertz CT molecular complexity index is 504. The zero-order valence-electron chi connectivity index (χ0n) is 13.3. The molecule has 0 saturated carbocycles. The highest BCUT2D eigenvalue weighted by Gasteiger charge is 2.04. The van der Waals surface area contributed by atoms with E-state index < -0.39 is 0 Å². The minimum atomic E-state index is 0.510. The summed E-state index contributed by atoms with van der Waals surface area (Å²) in [6.07, 6.45) is 10.5. The molecule has 1 heterocycles. The van der Waals surface area contributed by atoms with Crippen LogP contribution in [0.2, 0.25) is 0 Å². The van der Waals surface area contributed by atoms with Crippen LogP contribution in [0.5, 0.6) is 0 Å². The minimum Gasteiger partial charge on any atom is -0.380 e. The van der Waals surface area contributed by atoms with Crippen LogP contribution in [0.4, 0.5) is 5.69 Å². The van der Waals surface area contributed by atoms with E-state index in [0.29, 0.717) is 6.04 Å². The van der Waals surface area contributed by atoms with Gasteiger partial charge >= 0.3 is 0 Å². The fourth-order valence-electron chi connectivity index (χ4n) is 2.53. The van der Waals surface area contributed by atoms with E-state index in [-0.39, 0.29) is 0 Å². The molecule has 0 spiro atoms. The number of unbranched alkanes of at least 4 members (excludes halogenated alkanes) is 3. The lowest BCUT2D eigenvalue weighted by Crippen LogP contribution is -2.14. The van der Waals surface area contributed by atoms with Crippen molar-refractivity contribution in [3.8, 4) is 0 Å². The molecule has 2 rings (SSSR count). The van der Waals surface area contributed by atoms with Crippen molar-refractivity contribution in [2.45, 2.75) is 58.5 Å². The predicted octanol–water partition coefficient (Wildman–Crippen LogP) is 4.70. The van der Waals surface area contributed by atoms with Crippen molar-refractivity contribution >= 4 is 5.69 Å². The van der Waals surface area contributed by atoms with E-state index in [1.165, 1.54) is 37.7 Å². The average Bonchev–Trinajstić information content (AvgIpc) is 2.92. The van der Waals surface area contributed by atoms with E-state index in [9.17, 15) is 0 Å². The Morgan fingerprint density at radius 1 is 1.14 bits per heavy atom. The van der Waals surface area contributed by atoms with E-state index in [1.54, 1.807) is 0 Å². The maximum absolute atomic E-state index is 4.43. The summed E-state index contributed by atoms with van der Waals surface area (Å²) in [6.45, 7) is 5.33. The molecular weight excluding hydrogens is 258 g/mol. The molecule has 0 aliphatic rings. The maximum Gasteiger partial charge on any atom is 0.0728 e. The third-order valence-electron chi connectivity index (χ3n) is 3.72. The highest BCUT2D eigenvalue weighted by molar-refractivity contribution is 5.39. The fraction of sp³-hybridized carbons (Fsp3) is 0.500. The number of benzene rings is 1. The monoisotopic (exact) mass is 285 g/mol. The number of rotatable bonds is 9. The Morgan fingerprint density at radius 2 is 1.95 bits per heavy atom. The van der Waals surface area contributed by atoms with Gasteiger partial charge in [-0.05, 0) is 18.9 Å². The van der Waals surface area contributed by atoms with Crippen LogP contribution in [0.15, 0.2) is 42.7 Å². The molecule has 0 amide bonds. The summed E-state index contributed by atoms with van der Waals surface area (Å²) in [5, 5.41) is 7.97. The molecule has 0 bridgehead atoms. The van der Waals surface area contributed by atoms with E-state index in [0.717, 1.165) is 12.2 Å². The number of nitrogens with one attached hydrogen (secondary N) is 1. The van der Waals surface area contributed by atoms with Gasteiger partial charge in [0.2, 0.25) is 0 Å². The van der Waals surface area contributed by atoms with Crippen molar-refractivity contribution in [2.24, 2.45) is 0 Å². The van der Waals surface area contributed by atoms with Crippen LogP contribution in [0, 0.1) is 0 Å². The third kappa shape index (κ3) is 5.62. The summed E-state index contributed by atoms with van der Waals surface area (Å²) in [6, 6.07) is 10.9. The predicted molar refractivity (Wildman–Crippen MR) is 89.6 cm³/mol. The molecular formula is C18H27N3. The molecule has 2 aromatic rings. The van der Waals surface area contributed by atoms with Gasteiger partial charge < -0.3 is 5.32 Å². The standard InChI is InChI=1S/C18H27N3/c1-3-4-5-7-10-16(2)20-18-13-19-21(15-18)14-17-11-8-6-9-12-17/h6,8-9,11-13,15-16,20H,3-5,7,10,14H2,1-2H3. The normalized spacial score (nSPS) is 12.3. The highest BCUT2D eigenvalue weighted by Crippen LogP contribution is 2.12. The highest BCUT2D eigenvalue weighted by atomic mass is 15.3. The fourth-order valence-corrected chi connectivity index (χ4v) is 2.53. The first-order valence-corrected chi connectivity index (χ1v) is 8.11. The maximum atomic E-state index is 4.43. The molecule has 0 aliphatic carbocycles. The Kier molecular flexibility index (Phi) is 6.32. The van der Waals surface area contributed by atoms with Gasteiger partial charge in [0.05, 0.1) is 18.4 Å². The summed E-state index contributed by atoms with van der Waals surface area (Å²) in [5.74, 6) is 0. The van der Waals surface area contributed by atoms with Gasteiger partial charge in [-0.1, -0.05) is 62.9 Å². The molecule has 3 nitrogen and oxygen atoms in total. The van der Waals surface area contributed by atoms with Crippen molar-refractivity contribution < 1.29 is 0 Å². The van der Waals surface area contributed by atoms with Crippen molar-refractivity contribution in [3.63, 3.8) is 0 Å². The van der Waals surface area contributed by atoms with Crippen molar-refractivity contribution in [1.82, 2.24) is 9.78 Å². The third-order valence-corrected chi connectivity index (χ3v) is 3.72. The molecule has 0 aliphatic heterocycles. The van der Waals surface area contributed by atoms with Crippen LogP contribution in [0.25, 0.3) is 0 Å². The molecule has 1 N–H and O–H groups in total. The van der Waals surface area contributed by atoms with Crippen LogP contribution >= 0.6 is 0 Å². The molecule has 0 saturated heterocycles. The summed E-state index contributed by atoms with van der Waals surface area (Å²) in [4.78, 5) is 0. The van der Waals surface area contributed by atoms with Gasteiger partial charge in [0.25, 0.3) is 0 Å². The van der Waals surface area contributed by atoms with Gasteiger partial charge in [0.1, 0.15) is 0 Å². The van der Waals surface area contributed by atoms with E-state index >= 15 is 0 Å².